The number of nitrogens with zero attached hydrogens (tertiary/aromatic N) is 4. The number of fused-ring (bicyclic) bond motifs is 1. The van der Waals surface area contributed by atoms with Crippen molar-refractivity contribution in [1.82, 2.24) is 15.0 Å². The Bertz CT molecular complexity index is 1140. The molecule has 1 aliphatic rings. The summed E-state index contributed by atoms with van der Waals surface area (Å²) < 4.78 is 39.9. The molecule has 1 aliphatic heterocycles. The third-order valence-corrected chi connectivity index (χ3v) is 5.55. The molecule has 4 N–H and O–H groups in total. The van der Waals surface area contributed by atoms with Gasteiger partial charge in [-0.25, -0.2) is 9.97 Å². The standard InChI is InChI=1S/C23H28F3N7/c1-13(2)29-20-11-18-19(12-28-20)31-22(33-6-4-5-7-33)32-21(18)30-14(3)15-8-16(23(24,25)26)10-17(27)9-15/h8-14H,4-7,27H2,1-3H3,(H,28,29)(H,30,31,32). The highest BCUT2D eigenvalue weighted by molar-refractivity contribution is 5.91. The summed E-state index contributed by atoms with van der Waals surface area (Å²) in [4.78, 5) is 16.0. The molecule has 1 atom stereocenters. The van der Waals surface area contributed by atoms with Crippen LogP contribution in [-0.4, -0.2) is 34.1 Å². The first kappa shape index (κ1) is 22.9. The summed E-state index contributed by atoms with van der Waals surface area (Å²) in [6.07, 6.45) is -0.643. The van der Waals surface area contributed by atoms with Gasteiger partial charge in [0.2, 0.25) is 5.95 Å². The molecule has 2 aromatic heterocycles. The van der Waals surface area contributed by atoms with Crippen LogP contribution >= 0.6 is 0 Å². The Morgan fingerprint density at radius 3 is 2.39 bits per heavy atom. The Labute approximate surface area is 190 Å². The fraction of sp³-hybridized carbons (Fsp3) is 0.435. The second kappa shape index (κ2) is 8.92. The number of hydrogen-bond donors (Lipinski definition) is 3. The molecule has 1 unspecified atom stereocenters. The maximum Gasteiger partial charge on any atom is 0.416 e. The highest BCUT2D eigenvalue weighted by Gasteiger charge is 2.31. The Balaban J connectivity index is 1.75. The number of nitrogen functional groups attached to an aromatic ring is 1. The van der Waals surface area contributed by atoms with Crippen LogP contribution in [0, 0.1) is 0 Å². The molecule has 0 radical (unpaired) electrons. The lowest BCUT2D eigenvalue weighted by Crippen LogP contribution is -2.21. The Morgan fingerprint density at radius 1 is 1.00 bits per heavy atom. The van der Waals surface area contributed by atoms with E-state index in [1.807, 2.05) is 19.9 Å². The summed E-state index contributed by atoms with van der Waals surface area (Å²) in [6.45, 7) is 7.54. The molecule has 0 amide bonds. The molecule has 0 saturated carbocycles. The number of anilines is 4. The zero-order valence-electron chi connectivity index (χ0n) is 18.9. The summed E-state index contributed by atoms with van der Waals surface area (Å²) in [7, 11) is 0. The lowest BCUT2D eigenvalue weighted by Gasteiger charge is -2.21. The van der Waals surface area contributed by atoms with Crippen LogP contribution in [-0.2, 0) is 6.18 Å². The largest absolute Gasteiger partial charge is 0.416 e. The van der Waals surface area contributed by atoms with E-state index < -0.39 is 17.8 Å². The molecule has 3 aromatic rings. The molecule has 0 spiro atoms. The van der Waals surface area contributed by atoms with E-state index in [0.29, 0.717) is 28.7 Å². The first-order chi connectivity index (χ1) is 15.6. The SMILES string of the molecule is CC(C)Nc1cc2c(NC(C)c3cc(N)cc(C(F)(F)F)c3)nc(N3CCCC3)nc2cn1. The van der Waals surface area contributed by atoms with Gasteiger partial charge in [-0.3, -0.25) is 0 Å². The second-order valence-corrected chi connectivity index (χ2v) is 8.70. The van der Waals surface area contributed by atoms with Crippen molar-refractivity contribution in [1.29, 1.82) is 0 Å². The fourth-order valence-electron chi connectivity index (χ4n) is 3.94. The van der Waals surface area contributed by atoms with Crippen molar-refractivity contribution < 1.29 is 13.2 Å². The van der Waals surface area contributed by atoms with Gasteiger partial charge in [-0.15, -0.1) is 0 Å². The number of nitrogens with one attached hydrogen (secondary N) is 2. The van der Waals surface area contributed by atoms with E-state index in [1.165, 1.54) is 0 Å². The Morgan fingerprint density at radius 2 is 1.73 bits per heavy atom. The van der Waals surface area contributed by atoms with Gasteiger partial charge in [0.05, 0.1) is 23.3 Å². The molecule has 0 bridgehead atoms. The number of halogens is 3. The lowest BCUT2D eigenvalue weighted by atomic mass is 10.0. The van der Waals surface area contributed by atoms with Crippen LogP contribution in [0.25, 0.3) is 10.9 Å². The summed E-state index contributed by atoms with van der Waals surface area (Å²) >= 11 is 0. The van der Waals surface area contributed by atoms with Crippen molar-refractivity contribution in [2.24, 2.45) is 0 Å². The topological polar surface area (TPSA) is 92.0 Å². The van der Waals surface area contributed by atoms with Gasteiger partial charge in [0.1, 0.15) is 11.6 Å². The number of nitrogens with two attached hydrogens (primary N) is 1. The van der Waals surface area contributed by atoms with Gasteiger partial charge in [-0.05, 0) is 63.4 Å². The molecule has 1 saturated heterocycles. The zero-order chi connectivity index (χ0) is 23.8. The summed E-state index contributed by atoms with van der Waals surface area (Å²) in [5.41, 5.74) is 6.15. The Hall–Kier alpha value is -3.30. The van der Waals surface area contributed by atoms with Crippen LogP contribution in [0.15, 0.2) is 30.5 Å². The lowest BCUT2D eigenvalue weighted by molar-refractivity contribution is -0.137. The number of benzene rings is 1. The van der Waals surface area contributed by atoms with Crippen LogP contribution in [0.4, 0.5) is 36.4 Å². The first-order valence-corrected chi connectivity index (χ1v) is 11.0. The number of rotatable bonds is 6. The van der Waals surface area contributed by atoms with Gasteiger partial charge < -0.3 is 21.3 Å². The highest BCUT2D eigenvalue weighted by Crippen LogP contribution is 2.34. The van der Waals surface area contributed by atoms with Crippen LogP contribution in [0.1, 0.15) is 50.8 Å². The minimum absolute atomic E-state index is 0.0615. The third-order valence-electron chi connectivity index (χ3n) is 5.55. The monoisotopic (exact) mass is 459 g/mol. The van der Waals surface area contributed by atoms with Crippen molar-refractivity contribution in [2.45, 2.75) is 51.9 Å². The van der Waals surface area contributed by atoms with Gasteiger partial charge in [-0.1, -0.05) is 0 Å². The van der Waals surface area contributed by atoms with Crippen molar-refractivity contribution >= 4 is 34.2 Å². The van der Waals surface area contributed by atoms with Crippen molar-refractivity contribution in [3.05, 3.63) is 41.6 Å². The summed E-state index contributed by atoms with van der Waals surface area (Å²) in [5.74, 6) is 1.80. The van der Waals surface area contributed by atoms with Gasteiger partial charge in [0.15, 0.2) is 0 Å². The molecule has 4 rings (SSSR count). The van der Waals surface area contributed by atoms with Crippen LogP contribution < -0.4 is 21.3 Å². The van der Waals surface area contributed by atoms with E-state index in [0.717, 1.165) is 43.5 Å². The molecular formula is C23H28F3N7. The van der Waals surface area contributed by atoms with E-state index in [4.69, 9.17) is 15.7 Å². The molecule has 33 heavy (non-hydrogen) atoms. The molecule has 1 fully saturated rings. The maximum absolute atomic E-state index is 13.3. The summed E-state index contributed by atoms with van der Waals surface area (Å²) in [5, 5.41) is 7.30. The van der Waals surface area contributed by atoms with Gasteiger partial charge >= 0.3 is 6.18 Å². The summed E-state index contributed by atoms with van der Waals surface area (Å²) in [6, 6.07) is 5.17. The molecule has 3 heterocycles. The van der Waals surface area contributed by atoms with Crippen molar-refractivity contribution in [3.8, 4) is 0 Å². The van der Waals surface area contributed by atoms with E-state index in [1.54, 1.807) is 19.2 Å². The van der Waals surface area contributed by atoms with Crippen LogP contribution in [0.5, 0.6) is 0 Å². The first-order valence-electron chi connectivity index (χ1n) is 11.0. The molecule has 0 aliphatic carbocycles. The minimum atomic E-state index is -4.47. The van der Waals surface area contributed by atoms with Crippen LogP contribution in [0.2, 0.25) is 0 Å². The molecule has 1 aromatic carbocycles. The smallest absolute Gasteiger partial charge is 0.399 e. The number of pyridine rings is 1. The Kier molecular flexibility index (Phi) is 6.18. The molecule has 7 nitrogen and oxygen atoms in total. The van der Waals surface area contributed by atoms with Crippen molar-refractivity contribution in [3.63, 3.8) is 0 Å². The predicted octanol–water partition coefficient (Wildman–Crippen LogP) is 5.22. The third kappa shape index (κ3) is 5.20. The molecular weight excluding hydrogens is 431 g/mol. The zero-order valence-corrected chi connectivity index (χ0v) is 18.9. The van der Waals surface area contributed by atoms with Gasteiger partial charge in [0.25, 0.3) is 0 Å². The van der Waals surface area contributed by atoms with Crippen molar-refractivity contribution in [2.75, 3.05) is 34.4 Å². The second-order valence-electron chi connectivity index (χ2n) is 8.70. The minimum Gasteiger partial charge on any atom is -0.399 e. The fourth-order valence-corrected chi connectivity index (χ4v) is 3.94. The molecule has 10 heteroatoms. The maximum atomic E-state index is 13.3. The van der Waals surface area contributed by atoms with Gasteiger partial charge in [-0.2, -0.15) is 18.2 Å². The van der Waals surface area contributed by atoms with E-state index in [-0.39, 0.29) is 11.7 Å². The van der Waals surface area contributed by atoms with Gasteiger partial charge in [0, 0.05) is 30.2 Å². The van der Waals surface area contributed by atoms with E-state index >= 15 is 0 Å². The number of aromatic nitrogens is 3. The van der Waals surface area contributed by atoms with Crippen LogP contribution in [0.3, 0.4) is 0 Å². The van der Waals surface area contributed by atoms with E-state index in [9.17, 15) is 13.2 Å². The number of alkyl halides is 3. The quantitative estimate of drug-likeness (QED) is 0.435. The highest BCUT2D eigenvalue weighted by atomic mass is 19.4. The molecule has 176 valence electrons. The average molecular weight is 460 g/mol. The average Bonchev–Trinajstić information content (AvgIpc) is 3.27. The number of hydrogen-bond acceptors (Lipinski definition) is 7. The van der Waals surface area contributed by atoms with E-state index in [2.05, 4.69) is 20.5 Å². The normalized spacial score (nSPS) is 15.3. The predicted molar refractivity (Wildman–Crippen MR) is 125 cm³/mol.